The summed E-state index contributed by atoms with van der Waals surface area (Å²) < 4.78 is 14.4. The molecule has 1 aliphatic heterocycles. The lowest BCUT2D eigenvalue weighted by Gasteiger charge is -2.37. The smallest absolute Gasteiger partial charge is 0.243 e. The second-order valence-corrected chi connectivity index (χ2v) is 10.8. The fourth-order valence-corrected chi connectivity index (χ4v) is 4.73. The maximum Gasteiger partial charge on any atom is 0.243 e. The second-order valence-electron chi connectivity index (χ2n) is 10.8. The van der Waals surface area contributed by atoms with Gasteiger partial charge >= 0.3 is 0 Å². The van der Waals surface area contributed by atoms with Gasteiger partial charge in [-0.05, 0) is 70.1 Å². The van der Waals surface area contributed by atoms with Crippen LogP contribution < -0.4 is 10.6 Å². The van der Waals surface area contributed by atoms with E-state index < -0.39 is 12.1 Å². The molecule has 0 radical (unpaired) electrons. The molecule has 3 N–H and O–H groups in total. The molecule has 0 aliphatic carbocycles. The molecule has 1 aromatic carbocycles. The molecule has 1 saturated heterocycles. The highest BCUT2D eigenvalue weighted by Gasteiger charge is 2.28. The van der Waals surface area contributed by atoms with Gasteiger partial charge in [-0.1, -0.05) is 54.2 Å². The standard InChI is InChI=1S/C29H42FN5O2.2C2H6.2H2/c1-18(2)10-13-27(36)33-25(16-21(5)35-14-8-7-9-20(35)4)29(37)32-22(6)28-31-17-26(34-28)23-12-11-19(3)15-24(23)30;2*1-2;;/h11-12,15,17-18,20,22,25H,5,7-10,13-14,16H2,1-4,6H3,(H,31,34)(H,32,37)(H,33,36);2*1-2H3;2*1H/t20-,22+,25+;;;;/m1..../s1. The van der Waals surface area contributed by atoms with E-state index in [1.807, 2.05) is 47.6 Å². The minimum absolute atomic E-state index is 0. The number of imidazole rings is 1. The molecule has 3 rings (SSSR count). The van der Waals surface area contributed by atoms with E-state index in [1.54, 1.807) is 12.3 Å². The number of hydrogen-bond donors (Lipinski definition) is 3. The zero-order valence-electron chi connectivity index (χ0n) is 26.9. The van der Waals surface area contributed by atoms with Crippen LogP contribution in [0.5, 0.6) is 0 Å². The Balaban J connectivity index is 0. The maximum absolute atomic E-state index is 14.4. The number of nitrogens with one attached hydrogen (secondary N) is 3. The zero-order chi connectivity index (χ0) is 31.1. The Bertz CT molecular complexity index is 1110. The summed E-state index contributed by atoms with van der Waals surface area (Å²) in [5.74, 6) is 0.138. The summed E-state index contributed by atoms with van der Waals surface area (Å²) in [6, 6.07) is 4.18. The molecule has 1 aromatic heterocycles. The van der Waals surface area contributed by atoms with Gasteiger partial charge in [-0.2, -0.15) is 0 Å². The first-order chi connectivity index (χ1) is 19.5. The molecule has 0 unspecified atom stereocenters. The number of hydrogen-bond acceptors (Lipinski definition) is 4. The molecule has 8 heteroatoms. The van der Waals surface area contributed by atoms with Gasteiger partial charge in [0.05, 0.1) is 17.9 Å². The van der Waals surface area contributed by atoms with E-state index in [2.05, 4.69) is 52.9 Å². The molecule has 0 saturated carbocycles. The zero-order valence-corrected chi connectivity index (χ0v) is 26.9. The van der Waals surface area contributed by atoms with Gasteiger partial charge in [0.15, 0.2) is 0 Å². The van der Waals surface area contributed by atoms with E-state index in [0.29, 0.717) is 41.9 Å². The van der Waals surface area contributed by atoms with Gasteiger partial charge in [-0.3, -0.25) is 9.59 Å². The topological polar surface area (TPSA) is 90.1 Å². The molecule has 0 bridgehead atoms. The number of rotatable bonds is 11. The van der Waals surface area contributed by atoms with Crippen molar-refractivity contribution in [1.82, 2.24) is 25.5 Å². The number of nitrogens with zero attached hydrogens (tertiary/aromatic N) is 2. The molecule has 0 spiro atoms. The molecule has 41 heavy (non-hydrogen) atoms. The number of carbonyl (C=O) groups excluding carboxylic acids is 2. The van der Waals surface area contributed by atoms with Gasteiger partial charge in [0.1, 0.15) is 17.7 Å². The Morgan fingerprint density at radius 1 is 1.17 bits per heavy atom. The van der Waals surface area contributed by atoms with E-state index in [4.69, 9.17) is 0 Å². The van der Waals surface area contributed by atoms with Crippen molar-refractivity contribution in [2.24, 2.45) is 5.92 Å². The summed E-state index contributed by atoms with van der Waals surface area (Å²) in [4.78, 5) is 35.8. The fraction of sp³-hybridized carbons (Fsp3) is 0.606. The highest BCUT2D eigenvalue weighted by atomic mass is 19.1. The van der Waals surface area contributed by atoms with Crippen LogP contribution in [0.3, 0.4) is 0 Å². The van der Waals surface area contributed by atoms with Crippen LogP contribution in [-0.4, -0.2) is 45.3 Å². The number of halogens is 1. The van der Waals surface area contributed by atoms with Crippen LogP contribution in [0.25, 0.3) is 11.3 Å². The van der Waals surface area contributed by atoms with Gasteiger partial charge in [0, 0.05) is 39.5 Å². The Labute approximate surface area is 250 Å². The van der Waals surface area contributed by atoms with Crippen molar-refractivity contribution >= 4 is 11.8 Å². The number of aromatic nitrogens is 2. The normalized spacial score (nSPS) is 16.0. The first-order valence-electron chi connectivity index (χ1n) is 15.4. The number of benzene rings is 1. The third-order valence-electron chi connectivity index (χ3n) is 7.03. The molecule has 234 valence electrons. The van der Waals surface area contributed by atoms with Gasteiger partial charge in [0.2, 0.25) is 11.8 Å². The number of piperidine rings is 1. The average molecular weight is 576 g/mol. The van der Waals surface area contributed by atoms with Crippen LogP contribution in [0.4, 0.5) is 4.39 Å². The number of amides is 2. The molecule has 7 nitrogen and oxygen atoms in total. The lowest BCUT2D eigenvalue weighted by Crippen LogP contribution is -2.49. The summed E-state index contributed by atoms with van der Waals surface area (Å²) in [6.45, 7) is 23.1. The van der Waals surface area contributed by atoms with Crippen molar-refractivity contribution in [2.45, 2.75) is 119 Å². The van der Waals surface area contributed by atoms with Crippen LogP contribution in [-0.2, 0) is 9.59 Å². The van der Waals surface area contributed by atoms with Crippen LogP contribution in [0.2, 0.25) is 0 Å². The van der Waals surface area contributed by atoms with Gasteiger partial charge in [0.25, 0.3) is 0 Å². The minimum Gasteiger partial charge on any atom is -0.373 e. The Hall–Kier alpha value is -3.16. The lowest BCUT2D eigenvalue weighted by molar-refractivity contribution is -0.129. The van der Waals surface area contributed by atoms with Gasteiger partial charge in [-0.15, -0.1) is 0 Å². The van der Waals surface area contributed by atoms with E-state index in [9.17, 15) is 14.0 Å². The largest absolute Gasteiger partial charge is 0.373 e. The summed E-state index contributed by atoms with van der Waals surface area (Å²) in [5, 5.41) is 5.91. The number of H-pyrrole nitrogens is 1. The van der Waals surface area contributed by atoms with Crippen molar-refractivity contribution in [3.05, 3.63) is 53.9 Å². The maximum atomic E-state index is 14.4. The molecular weight excluding hydrogens is 517 g/mol. The quantitative estimate of drug-likeness (QED) is 0.254. The van der Waals surface area contributed by atoms with Crippen LogP contribution in [0, 0.1) is 18.7 Å². The van der Waals surface area contributed by atoms with Gasteiger partial charge < -0.3 is 20.5 Å². The van der Waals surface area contributed by atoms with Crippen molar-refractivity contribution in [1.29, 1.82) is 0 Å². The first-order valence-corrected chi connectivity index (χ1v) is 15.4. The summed E-state index contributed by atoms with van der Waals surface area (Å²) in [5.41, 5.74) is 2.66. The summed E-state index contributed by atoms with van der Waals surface area (Å²) in [6.07, 6.45) is 6.41. The monoisotopic (exact) mass is 575 g/mol. The number of carbonyl (C=O) groups is 2. The molecule has 1 aliphatic rings. The third kappa shape index (κ3) is 11.3. The minimum atomic E-state index is -0.743. The number of aromatic amines is 1. The Morgan fingerprint density at radius 3 is 2.46 bits per heavy atom. The Morgan fingerprint density at radius 2 is 1.85 bits per heavy atom. The van der Waals surface area contributed by atoms with E-state index in [1.165, 1.54) is 12.5 Å². The summed E-state index contributed by atoms with van der Waals surface area (Å²) >= 11 is 0. The molecule has 2 heterocycles. The van der Waals surface area contributed by atoms with Crippen LogP contribution in [0.1, 0.15) is 114 Å². The summed E-state index contributed by atoms with van der Waals surface area (Å²) in [7, 11) is 0. The number of aryl methyl sites for hydroxylation is 1. The average Bonchev–Trinajstić information content (AvgIpc) is 3.44. The molecule has 2 aromatic rings. The van der Waals surface area contributed by atoms with Crippen molar-refractivity contribution in [3.8, 4) is 11.3 Å². The fourth-order valence-electron chi connectivity index (χ4n) is 4.73. The second kappa shape index (κ2) is 18.3. The van der Waals surface area contributed by atoms with Crippen LogP contribution in [0.15, 0.2) is 36.7 Å². The predicted molar refractivity (Wildman–Crippen MR) is 172 cm³/mol. The van der Waals surface area contributed by atoms with E-state index >= 15 is 0 Å². The molecular formula is C33H58FN5O2. The third-order valence-corrected chi connectivity index (χ3v) is 7.03. The highest BCUT2D eigenvalue weighted by molar-refractivity contribution is 5.88. The van der Waals surface area contributed by atoms with Crippen molar-refractivity contribution < 1.29 is 16.8 Å². The predicted octanol–water partition coefficient (Wildman–Crippen LogP) is 7.95. The SMILES string of the molecule is C=C(C[C@H](NC(=O)CCC(C)C)C(=O)N[C@@H](C)c1ncc(-c2ccc(C)cc2F)[nH]1)N1CCCC[C@H]1C.CC.CC.[HH].[HH]. The molecule has 2 amide bonds. The molecule has 1 fully saturated rings. The van der Waals surface area contributed by atoms with E-state index in [0.717, 1.165) is 37.1 Å². The molecule has 3 atom stereocenters. The number of likely N-dealkylation sites (tertiary alicyclic amines) is 1. The van der Waals surface area contributed by atoms with Gasteiger partial charge in [-0.25, -0.2) is 9.37 Å². The van der Waals surface area contributed by atoms with Crippen molar-refractivity contribution in [3.63, 3.8) is 0 Å². The van der Waals surface area contributed by atoms with Crippen molar-refractivity contribution in [2.75, 3.05) is 6.54 Å². The Kier molecular flexibility index (Phi) is 16.0. The van der Waals surface area contributed by atoms with E-state index in [-0.39, 0.29) is 20.5 Å². The van der Waals surface area contributed by atoms with Crippen LogP contribution >= 0.6 is 0 Å². The lowest BCUT2D eigenvalue weighted by atomic mass is 10.0. The highest BCUT2D eigenvalue weighted by Crippen LogP contribution is 2.25. The first kappa shape index (κ1) is 35.9.